The zero-order chi connectivity index (χ0) is 15.7. The molecule has 0 unspecified atom stereocenters. The van der Waals surface area contributed by atoms with Crippen molar-refractivity contribution in [3.8, 4) is 11.5 Å². The third kappa shape index (κ3) is 2.81. The molecule has 0 aliphatic rings. The third-order valence-corrected chi connectivity index (χ3v) is 3.95. The summed E-state index contributed by atoms with van der Waals surface area (Å²) in [5.41, 5.74) is 0.505. The van der Waals surface area contributed by atoms with Crippen molar-refractivity contribution < 1.29 is 17.6 Å². The highest BCUT2D eigenvalue weighted by Crippen LogP contribution is 2.35. The van der Waals surface area contributed by atoms with Crippen LogP contribution >= 0.6 is 11.8 Å². The van der Waals surface area contributed by atoms with E-state index in [0.29, 0.717) is 11.5 Å². The molecule has 0 aliphatic carbocycles. The van der Waals surface area contributed by atoms with Crippen molar-refractivity contribution in [3.63, 3.8) is 0 Å². The van der Waals surface area contributed by atoms with E-state index in [-0.39, 0.29) is 5.52 Å². The number of pyridine rings is 1. The molecule has 22 heavy (non-hydrogen) atoms. The number of benzene rings is 1. The van der Waals surface area contributed by atoms with Gasteiger partial charge in [0.1, 0.15) is 5.52 Å². The Morgan fingerprint density at radius 2 is 2.05 bits per heavy atom. The zero-order valence-corrected chi connectivity index (χ0v) is 12.3. The summed E-state index contributed by atoms with van der Waals surface area (Å²) in [6.45, 7) is 2.00. The number of thioether (sulfide) groups is 1. The maximum Gasteiger partial charge on any atom is 0.416 e. The van der Waals surface area contributed by atoms with E-state index in [1.165, 1.54) is 6.07 Å². The van der Waals surface area contributed by atoms with Crippen molar-refractivity contribution in [2.75, 3.05) is 5.75 Å². The Balaban J connectivity index is 2.09. The van der Waals surface area contributed by atoms with Gasteiger partial charge in [-0.1, -0.05) is 6.92 Å². The molecule has 7 heteroatoms. The minimum atomic E-state index is -4.40. The maximum atomic E-state index is 12.7. The molecule has 0 spiro atoms. The van der Waals surface area contributed by atoms with Crippen LogP contribution < -0.4 is 0 Å². The fourth-order valence-electron chi connectivity index (χ4n) is 2.05. The average molecular weight is 324 g/mol. The number of hydrogen-bond donors (Lipinski definition) is 0. The number of nitrogens with zero attached hydrogens (tertiary/aromatic N) is 2. The SMILES string of the molecule is CCSc1cnccc1-c1nc2cc(C(F)(F)F)ccc2o1. The first-order valence-electron chi connectivity index (χ1n) is 6.54. The molecule has 114 valence electrons. The predicted molar refractivity (Wildman–Crippen MR) is 78.6 cm³/mol. The summed E-state index contributed by atoms with van der Waals surface area (Å²) in [5, 5.41) is 0. The van der Waals surface area contributed by atoms with Crippen LogP contribution in [0.25, 0.3) is 22.6 Å². The van der Waals surface area contributed by atoms with Crippen LogP contribution in [-0.4, -0.2) is 15.7 Å². The first kappa shape index (κ1) is 14.9. The molecule has 3 nitrogen and oxygen atoms in total. The summed E-state index contributed by atoms with van der Waals surface area (Å²) in [7, 11) is 0. The van der Waals surface area contributed by atoms with Gasteiger partial charge in [-0.25, -0.2) is 4.98 Å². The van der Waals surface area contributed by atoms with Crippen molar-refractivity contribution in [1.29, 1.82) is 0 Å². The lowest BCUT2D eigenvalue weighted by Crippen LogP contribution is -2.03. The maximum absolute atomic E-state index is 12.7. The number of oxazole rings is 1. The van der Waals surface area contributed by atoms with Gasteiger partial charge in [0.25, 0.3) is 0 Å². The van der Waals surface area contributed by atoms with Crippen LogP contribution in [0.4, 0.5) is 13.2 Å². The lowest BCUT2D eigenvalue weighted by molar-refractivity contribution is -0.137. The van der Waals surface area contributed by atoms with E-state index in [1.807, 2.05) is 6.92 Å². The van der Waals surface area contributed by atoms with E-state index in [2.05, 4.69) is 9.97 Å². The quantitative estimate of drug-likeness (QED) is 0.634. The number of aromatic nitrogens is 2. The van der Waals surface area contributed by atoms with Crippen LogP contribution in [0.2, 0.25) is 0 Å². The van der Waals surface area contributed by atoms with E-state index >= 15 is 0 Å². The van der Waals surface area contributed by atoms with Gasteiger partial charge in [-0.2, -0.15) is 13.2 Å². The zero-order valence-electron chi connectivity index (χ0n) is 11.5. The van der Waals surface area contributed by atoms with Crippen LogP contribution in [0.15, 0.2) is 46.0 Å². The van der Waals surface area contributed by atoms with E-state index < -0.39 is 11.7 Å². The van der Waals surface area contributed by atoms with Gasteiger partial charge < -0.3 is 4.42 Å². The molecule has 0 atom stereocenters. The molecular weight excluding hydrogens is 313 g/mol. The number of fused-ring (bicyclic) bond motifs is 1. The fraction of sp³-hybridized carbons (Fsp3) is 0.200. The minimum Gasteiger partial charge on any atom is -0.436 e. The van der Waals surface area contributed by atoms with Gasteiger partial charge in [0, 0.05) is 17.3 Å². The first-order chi connectivity index (χ1) is 10.5. The Morgan fingerprint density at radius 3 is 2.77 bits per heavy atom. The van der Waals surface area contributed by atoms with E-state index in [0.717, 1.165) is 28.3 Å². The molecule has 0 saturated carbocycles. The second-order valence-corrected chi connectivity index (χ2v) is 5.81. The van der Waals surface area contributed by atoms with Crippen molar-refractivity contribution >= 4 is 22.9 Å². The molecule has 0 N–H and O–H groups in total. The molecule has 3 rings (SSSR count). The van der Waals surface area contributed by atoms with Gasteiger partial charge in [-0.3, -0.25) is 4.98 Å². The molecule has 1 aromatic carbocycles. The van der Waals surface area contributed by atoms with Gasteiger partial charge in [0.05, 0.1) is 11.1 Å². The average Bonchev–Trinajstić information content (AvgIpc) is 2.90. The summed E-state index contributed by atoms with van der Waals surface area (Å²) >= 11 is 1.57. The van der Waals surface area contributed by atoms with E-state index in [9.17, 15) is 13.2 Å². The molecule has 3 aromatic rings. The molecule has 0 radical (unpaired) electrons. The van der Waals surface area contributed by atoms with Crippen LogP contribution in [0, 0.1) is 0 Å². The lowest BCUT2D eigenvalue weighted by atomic mass is 10.2. The van der Waals surface area contributed by atoms with Crippen LogP contribution in [0.3, 0.4) is 0 Å². The van der Waals surface area contributed by atoms with Crippen LogP contribution in [-0.2, 0) is 6.18 Å². The molecule has 2 heterocycles. The van der Waals surface area contributed by atoms with Gasteiger partial charge in [0.2, 0.25) is 5.89 Å². The summed E-state index contributed by atoms with van der Waals surface area (Å²) < 4.78 is 43.8. The molecule has 2 aromatic heterocycles. The highest BCUT2D eigenvalue weighted by Gasteiger charge is 2.31. The normalized spacial score (nSPS) is 12.0. The largest absolute Gasteiger partial charge is 0.436 e. The van der Waals surface area contributed by atoms with Crippen molar-refractivity contribution in [3.05, 3.63) is 42.2 Å². The number of alkyl halides is 3. The van der Waals surface area contributed by atoms with Crippen molar-refractivity contribution in [2.45, 2.75) is 18.0 Å². The summed E-state index contributed by atoms with van der Waals surface area (Å²) in [5.74, 6) is 1.14. The highest BCUT2D eigenvalue weighted by atomic mass is 32.2. The Morgan fingerprint density at radius 1 is 1.23 bits per heavy atom. The minimum absolute atomic E-state index is 0.189. The smallest absolute Gasteiger partial charge is 0.416 e. The van der Waals surface area contributed by atoms with Gasteiger partial charge in [-0.05, 0) is 30.0 Å². The molecular formula is C15H11F3N2OS. The molecule has 0 amide bonds. The van der Waals surface area contributed by atoms with Crippen molar-refractivity contribution in [2.24, 2.45) is 0 Å². The van der Waals surface area contributed by atoms with Gasteiger partial charge in [-0.15, -0.1) is 11.8 Å². The Bertz CT molecular complexity index is 814. The summed E-state index contributed by atoms with van der Waals surface area (Å²) in [6.07, 6.45) is -1.10. The molecule has 0 saturated heterocycles. The summed E-state index contributed by atoms with van der Waals surface area (Å²) in [4.78, 5) is 9.13. The standard InChI is InChI=1S/C15H11F3N2OS/c1-2-22-13-8-19-6-5-10(13)14-20-11-7-9(15(16,17)18)3-4-12(11)21-14/h3-8H,2H2,1H3. The van der Waals surface area contributed by atoms with E-state index in [4.69, 9.17) is 4.42 Å². The van der Waals surface area contributed by atoms with Crippen LogP contribution in [0.5, 0.6) is 0 Å². The van der Waals surface area contributed by atoms with Crippen LogP contribution in [0.1, 0.15) is 12.5 Å². The monoisotopic (exact) mass is 324 g/mol. The number of rotatable bonds is 3. The Kier molecular flexibility index (Phi) is 3.82. The second kappa shape index (κ2) is 5.64. The molecule has 0 aliphatic heterocycles. The van der Waals surface area contributed by atoms with Crippen molar-refractivity contribution in [1.82, 2.24) is 9.97 Å². The van der Waals surface area contributed by atoms with Gasteiger partial charge in [0.15, 0.2) is 5.58 Å². The fourth-order valence-corrected chi connectivity index (χ4v) is 2.80. The van der Waals surface area contributed by atoms with E-state index in [1.54, 1.807) is 30.2 Å². The Hall–Kier alpha value is -2.02. The molecule has 0 fully saturated rings. The summed E-state index contributed by atoms with van der Waals surface area (Å²) in [6, 6.07) is 5.03. The topological polar surface area (TPSA) is 38.9 Å². The molecule has 0 bridgehead atoms. The third-order valence-electron chi connectivity index (χ3n) is 3.03. The van der Waals surface area contributed by atoms with Gasteiger partial charge >= 0.3 is 6.18 Å². The number of halogens is 3. The first-order valence-corrected chi connectivity index (χ1v) is 7.52. The Labute approximate surface area is 128 Å². The lowest BCUT2D eigenvalue weighted by Gasteiger charge is -2.04. The predicted octanol–water partition coefficient (Wildman–Crippen LogP) is 5.02. The number of hydrogen-bond acceptors (Lipinski definition) is 4. The highest BCUT2D eigenvalue weighted by molar-refractivity contribution is 7.99. The second-order valence-electron chi connectivity index (χ2n) is 4.50.